The van der Waals surface area contributed by atoms with Gasteiger partial charge in [0.25, 0.3) is 0 Å². The van der Waals surface area contributed by atoms with Gasteiger partial charge in [0.2, 0.25) is 0 Å². The van der Waals surface area contributed by atoms with Crippen molar-refractivity contribution in [2.24, 2.45) is 0 Å². The molecule has 3 aromatic heterocycles. The fourth-order valence-corrected chi connectivity index (χ4v) is 8.51. The second kappa shape index (κ2) is 12.3. The van der Waals surface area contributed by atoms with Crippen LogP contribution in [0.4, 0.5) is 0 Å². The van der Waals surface area contributed by atoms with E-state index in [0.717, 1.165) is 62.1 Å². The van der Waals surface area contributed by atoms with Crippen molar-refractivity contribution in [3.63, 3.8) is 0 Å². The highest BCUT2D eigenvalue weighted by atomic mass is 32.1. The lowest BCUT2D eigenvalue weighted by Gasteiger charge is -2.18. The molecule has 0 saturated heterocycles. The summed E-state index contributed by atoms with van der Waals surface area (Å²) >= 11 is 1.79. The van der Waals surface area contributed by atoms with Gasteiger partial charge in [0.05, 0.1) is 11.6 Å². The molecule has 0 spiro atoms. The van der Waals surface area contributed by atoms with Gasteiger partial charge in [0.15, 0.2) is 17.5 Å². The number of rotatable bonds is 5. The van der Waals surface area contributed by atoms with Gasteiger partial charge in [-0.05, 0) is 47.9 Å². The van der Waals surface area contributed by atoms with E-state index in [1.54, 1.807) is 11.3 Å². The quantitative estimate of drug-likeness (QED) is 0.180. The van der Waals surface area contributed by atoms with E-state index >= 15 is 0 Å². The number of fused-ring (bicyclic) bond motifs is 6. The maximum Gasteiger partial charge on any atom is 0.164 e. The minimum atomic E-state index is 0.0198. The molecular formula is C46H28N4OS. The van der Waals surface area contributed by atoms with Gasteiger partial charge in [0, 0.05) is 59.3 Å². The topological polar surface area (TPSA) is 75.6 Å². The number of aromatic nitrogens is 3. The minimum Gasteiger partial charge on any atom is -0.459 e. The first-order valence-electron chi connectivity index (χ1n) is 17.3. The molecule has 0 N–H and O–H groups in total. The van der Waals surface area contributed by atoms with Crippen molar-refractivity contribution in [1.29, 1.82) is 5.26 Å². The number of furan rings is 1. The number of hydrogen-bond acceptors (Lipinski definition) is 6. The van der Waals surface area contributed by atoms with E-state index < -0.39 is 0 Å². The van der Waals surface area contributed by atoms with Crippen LogP contribution in [0.15, 0.2) is 150 Å². The molecule has 0 amide bonds. The Hall–Kier alpha value is -6.68. The van der Waals surface area contributed by atoms with Gasteiger partial charge in [-0.15, -0.1) is 11.3 Å². The average Bonchev–Trinajstić information content (AvgIpc) is 3.79. The Bertz CT molecular complexity index is 2900. The molecule has 3 heterocycles. The zero-order valence-electron chi connectivity index (χ0n) is 27.8. The molecule has 0 saturated carbocycles. The van der Waals surface area contributed by atoms with Gasteiger partial charge in [0.1, 0.15) is 11.3 Å². The van der Waals surface area contributed by atoms with Gasteiger partial charge in [-0.2, -0.15) is 5.26 Å². The number of thiophene rings is 1. The Balaban J connectivity index is 1.07. The molecule has 1 atom stereocenters. The molecular weight excluding hydrogens is 657 g/mol. The standard InChI is InChI=1S/C46H28N4OS/c47-27-28-19-21-29(22-20-28)34-14-7-16-38-39-17-8-15-35(43(39)51-42(34)38)31-11-6-12-32(25-31)45-48-44(30-9-2-1-3-10-30)49-46(50-45)33-23-24-37-36-13-4-5-18-40(36)52-41(37)26-33/h1-14,16-26,35H,15H2. The number of para-hydroxylation sites is 1. The highest BCUT2D eigenvalue weighted by Crippen LogP contribution is 2.44. The monoisotopic (exact) mass is 684 g/mol. The Morgan fingerprint density at radius 2 is 1.27 bits per heavy atom. The lowest BCUT2D eigenvalue weighted by Crippen LogP contribution is -2.05. The lowest BCUT2D eigenvalue weighted by molar-refractivity contribution is 0.517. The fraction of sp³-hybridized carbons (Fsp3) is 0.0435. The summed E-state index contributed by atoms with van der Waals surface area (Å²) in [6, 6.07) is 49.8. The molecule has 1 unspecified atom stereocenters. The maximum atomic E-state index is 9.31. The second-order valence-corrected chi connectivity index (χ2v) is 14.1. The van der Waals surface area contributed by atoms with Crippen LogP contribution in [0.2, 0.25) is 0 Å². The molecule has 0 bridgehead atoms. The molecule has 244 valence electrons. The number of allylic oxidation sites excluding steroid dienone is 1. The molecule has 6 aromatic carbocycles. The van der Waals surface area contributed by atoms with Crippen LogP contribution in [0, 0.1) is 11.3 Å². The van der Waals surface area contributed by atoms with Crippen LogP contribution in [0.5, 0.6) is 0 Å². The molecule has 10 rings (SSSR count). The third kappa shape index (κ3) is 5.10. The number of nitrogens with zero attached hydrogens (tertiary/aromatic N) is 4. The molecule has 9 aromatic rings. The highest BCUT2D eigenvalue weighted by Gasteiger charge is 2.27. The van der Waals surface area contributed by atoms with Crippen LogP contribution in [-0.2, 0) is 0 Å². The normalized spacial score (nSPS) is 13.8. The zero-order chi connectivity index (χ0) is 34.6. The van der Waals surface area contributed by atoms with Crippen molar-refractivity contribution in [1.82, 2.24) is 15.0 Å². The summed E-state index contributed by atoms with van der Waals surface area (Å²) in [5, 5.41) is 12.9. The van der Waals surface area contributed by atoms with E-state index in [4.69, 9.17) is 19.4 Å². The predicted octanol–water partition coefficient (Wildman–Crippen LogP) is 12.1. The van der Waals surface area contributed by atoms with E-state index in [9.17, 15) is 5.26 Å². The summed E-state index contributed by atoms with van der Waals surface area (Å²) in [4.78, 5) is 15.2. The minimum absolute atomic E-state index is 0.0198. The van der Waals surface area contributed by atoms with E-state index in [1.165, 1.54) is 20.2 Å². The zero-order valence-corrected chi connectivity index (χ0v) is 28.6. The van der Waals surface area contributed by atoms with Gasteiger partial charge in [-0.3, -0.25) is 0 Å². The third-order valence-electron chi connectivity index (χ3n) is 9.93. The van der Waals surface area contributed by atoms with Crippen LogP contribution in [0.3, 0.4) is 0 Å². The highest BCUT2D eigenvalue weighted by molar-refractivity contribution is 7.25. The van der Waals surface area contributed by atoms with Crippen LogP contribution < -0.4 is 0 Å². The van der Waals surface area contributed by atoms with Gasteiger partial charge in [-0.25, -0.2) is 15.0 Å². The predicted molar refractivity (Wildman–Crippen MR) is 211 cm³/mol. The van der Waals surface area contributed by atoms with Crippen molar-refractivity contribution >= 4 is 48.6 Å². The van der Waals surface area contributed by atoms with E-state index in [0.29, 0.717) is 23.0 Å². The summed E-state index contributed by atoms with van der Waals surface area (Å²) in [7, 11) is 0. The van der Waals surface area contributed by atoms with Gasteiger partial charge in [-0.1, -0.05) is 121 Å². The summed E-state index contributed by atoms with van der Waals surface area (Å²) in [6.45, 7) is 0. The van der Waals surface area contributed by atoms with Crippen LogP contribution in [-0.4, -0.2) is 15.0 Å². The summed E-state index contributed by atoms with van der Waals surface area (Å²) in [5.41, 5.74) is 8.58. The molecule has 0 fully saturated rings. The van der Waals surface area contributed by atoms with Gasteiger partial charge >= 0.3 is 0 Å². The molecule has 1 aliphatic rings. The van der Waals surface area contributed by atoms with Crippen molar-refractivity contribution in [2.45, 2.75) is 12.3 Å². The van der Waals surface area contributed by atoms with E-state index in [-0.39, 0.29) is 5.92 Å². The van der Waals surface area contributed by atoms with E-state index in [2.05, 4.69) is 103 Å². The number of nitriles is 1. The van der Waals surface area contributed by atoms with Crippen LogP contribution >= 0.6 is 11.3 Å². The molecule has 52 heavy (non-hydrogen) atoms. The first-order valence-corrected chi connectivity index (χ1v) is 18.1. The molecule has 5 nitrogen and oxygen atoms in total. The first-order chi connectivity index (χ1) is 25.7. The van der Waals surface area contributed by atoms with Crippen LogP contribution in [0.1, 0.15) is 34.8 Å². The lowest BCUT2D eigenvalue weighted by atomic mass is 9.86. The van der Waals surface area contributed by atoms with Gasteiger partial charge < -0.3 is 4.42 Å². The molecule has 6 heteroatoms. The molecule has 0 aliphatic heterocycles. The summed E-state index contributed by atoms with van der Waals surface area (Å²) < 4.78 is 9.27. The van der Waals surface area contributed by atoms with Crippen molar-refractivity contribution in [2.75, 3.05) is 0 Å². The van der Waals surface area contributed by atoms with Crippen LogP contribution in [0.25, 0.3) is 82.5 Å². The SMILES string of the molecule is N#Cc1ccc(-c2cccc3c4c(oc23)C(c2cccc(-c3nc(-c5ccccc5)nc(-c5ccc6c(c5)sc5ccccc56)n3)c2)CC=C4)cc1. The Kier molecular flexibility index (Phi) is 7.12. The first kappa shape index (κ1) is 30.2. The Morgan fingerprint density at radius 3 is 2.10 bits per heavy atom. The smallest absolute Gasteiger partial charge is 0.164 e. The Morgan fingerprint density at radius 1 is 0.596 bits per heavy atom. The van der Waals surface area contributed by atoms with Crippen molar-refractivity contribution in [3.8, 4) is 51.4 Å². The summed E-state index contributed by atoms with van der Waals surface area (Å²) in [5.74, 6) is 2.88. The average molecular weight is 685 g/mol. The Labute approximate surface area is 303 Å². The number of benzene rings is 6. The second-order valence-electron chi connectivity index (χ2n) is 13.0. The van der Waals surface area contributed by atoms with Crippen molar-refractivity contribution in [3.05, 3.63) is 168 Å². The van der Waals surface area contributed by atoms with E-state index in [1.807, 2.05) is 54.6 Å². The fourth-order valence-electron chi connectivity index (χ4n) is 7.37. The third-order valence-corrected chi connectivity index (χ3v) is 11.1. The van der Waals surface area contributed by atoms with Crippen molar-refractivity contribution < 1.29 is 4.42 Å². The number of hydrogen-bond donors (Lipinski definition) is 0. The molecule has 1 aliphatic carbocycles. The largest absolute Gasteiger partial charge is 0.459 e. The molecule has 0 radical (unpaired) electrons. The summed E-state index contributed by atoms with van der Waals surface area (Å²) in [6.07, 6.45) is 5.24. The maximum absolute atomic E-state index is 9.31.